The van der Waals surface area contributed by atoms with Crippen LogP contribution >= 0.6 is 15.9 Å². The number of halogens is 1. The Morgan fingerprint density at radius 3 is 2.76 bits per heavy atom. The van der Waals surface area contributed by atoms with Crippen LogP contribution in [0.4, 0.5) is 5.69 Å². The first-order valence-electron chi connectivity index (χ1n) is 7.45. The number of anilines is 1. The molecule has 4 nitrogen and oxygen atoms in total. The van der Waals surface area contributed by atoms with Crippen LogP contribution in [0.3, 0.4) is 0 Å². The molecule has 1 unspecified atom stereocenters. The third-order valence-electron chi connectivity index (χ3n) is 4.32. The summed E-state index contributed by atoms with van der Waals surface area (Å²) in [6.45, 7) is 3.20. The van der Waals surface area contributed by atoms with Gasteiger partial charge in [-0.15, -0.1) is 0 Å². The molecule has 1 aromatic rings. The summed E-state index contributed by atoms with van der Waals surface area (Å²) >= 11 is 3.55. The van der Waals surface area contributed by atoms with Crippen LogP contribution in [-0.4, -0.2) is 35.8 Å². The molecule has 0 bridgehead atoms. The SMILES string of the molecule is Cc1ccc(N2CCC(=O)N3CCCCC3C2=O)c(Br)c1. The van der Waals surface area contributed by atoms with Gasteiger partial charge in [0.05, 0.1) is 5.69 Å². The Labute approximate surface area is 133 Å². The van der Waals surface area contributed by atoms with E-state index in [1.807, 2.05) is 25.1 Å². The summed E-state index contributed by atoms with van der Waals surface area (Å²) in [5.74, 6) is 0.170. The Bertz CT molecular complexity index is 588. The maximum atomic E-state index is 12.9. The summed E-state index contributed by atoms with van der Waals surface area (Å²) in [5.41, 5.74) is 2.01. The van der Waals surface area contributed by atoms with E-state index in [1.165, 1.54) is 0 Å². The van der Waals surface area contributed by atoms with Gasteiger partial charge in [-0.3, -0.25) is 9.59 Å². The minimum atomic E-state index is -0.276. The third kappa shape index (κ3) is 2.71. The fraction of sp³-hybridized carbons (Fsp3) is 0.500. The van der Waals surface area contributed by atoms with Gasteiger partial charge in [0.15, 0.2) is 0 Å². The first-order valence-corrected chi connectivity index (χ1v) is 8.24. The van der Waals surface area contributed by atoms with Gasteiger partial charge < -0.3 is 9.80 Å². The molecule has 1 atom stereocenters. The molecule has 2 heterocycles. The number of fused-ring (bicyclic) bond motifs is 1. The highest BCUT2D eigenvalue weighted by Gasteiger charge is 2.38. The monoisotopic (exact) mass is 350 g/mol. The molecule has 2 saturated heterocycles. The number of piperidine rings is 1. The second kappa shape index (κ2) is 5.79. The molecule has 0 saturated carbocycles. The molecule has 0 aromatic heterocycles. The second-order valence-corrected chi connectivity index (χ2v) is 6.65. The van der Waals surface area contributed by atoms with Gasteiger partial charge in [-0.25, -0.2) is 0 Å². The molecule has 0 radical (unpaired) electrons. The zero-order valence-electron chi connectivity index (χ0n) is 12.1. The maximum absolute atomic E-state index is 12.9. The van der Waals surface area contributed by atoms with Crippen molar-refractivity contribution in [3.8, 4) is 0 Å². The number of nitrogens with zero attached hydrogens (tertiary/aromatic N) is 2. The van der Waals surface area contributed by atoms with Crippen LogP contribution in [-0.2, 0) is 9.59 Å². The lowest BCUT2D eigenvalue weighted by Gasteiger charge is -2.34. The number of hydrogen-bond acceptors (Lipinski definition) is 2. The Morgan fingerprint density at radius 2 is 2.00 bits per heavy atom. The largest absolute Gasteiger partial charge is 0.331 e. The lowest BCUT2D eigenvalue weighted by Crippen LogP contribution is -2.49. The van der Waals surface area contributed by atoms with Crippen molar-refractivity contribution in [3.05, 3.63) is 28.2 Å². The Balaban J connectivity index is 1.95. The quantitative estimate of drug-likeness (QED) is 0.781. The van der Waals surface area contributed by atoms with Gasteiger partial charge in [-0.1, -0.05) is 6.07 Å². The van der Waals surface area contributed by atoms with E-state index in [0.29, 0.717) is 13.0 Å². The highest BCUT2D eigenvalue weighted by molar-refractivity contribution is 9.10. The minimum absolute atomic E-state index is 0.0603. The molecular weight excluding hydrogens is 332 g/mol. The molecule has 3 rings (SSSR count). The van der Waals surface area contributed by atoms with E-state index in [2.05, 4.69) is 15.9 Å². The average molecular weight is 351 g/mol. The molecule has 0 N–H and O–H groups in total. The van der Waals surface area contributed by atoms with Crippen LogP contribution in [0.2, 0.25) is 0 Å². The Morgan fingerprint density at radius 1 is 1.19 bits per heavy atom. The summed E-state index contributed by atoms with van der Waals surface area (Å²) in [4.78, 5) is 28.7. The van der Waals surface area contributed by atoms with E-state index >= 15 is 0 Å². The van der Waals surface area contributed by atoms with E-state index in [1.54, 1.807) is 9.80 Å². The van der Waals surface area contributed by atoms with Crippen molar-refractivity contribution in [3.63, 3.8) is 0 Å². The fourth-order valence-corrected chi connectivity index (χ4v) is 3.91. The van der Waals surface area contributed by atoms with Gasteiger partial charge in [-0.2, -0.15) is 0 Å². The molecule has 0 spiro atoms. The first kappa shape index (κ1) is 14.6. The fourth-order valence-electron chi connectivity index (χ4n) is 3.20. The van der Waals surface area contributed by atoms with Gasteiger partial charge in [-0.05, 0) is 59.8 Å². The third-order valence-corrected chi connectivity index (χ3v) is 4.95. The van der Waals surface area contributed by atoms with Crippen molar-refractivity contribution in [2.45, 2.75) is 38.6 Å². The Hall–Kier alpha value is -1.36. The number of aryl methyl sites for hydroxylation is 1. The number of carbonyl (C=O) groups excluding carboxylic acids is 2. The van der Waals surface area contributed by atoms with Crippen molar-refractivity contribution in [2.75, 3.05) is 18.0 Å². The molecule has 2 fully saturated rings. The lowest BCUT2D eigenvalue weighted by molar-refractivity contribution is -0.138. The van der Waals surface area contributed by atoms with E-state index in [4.69, 9.17) is 0 Å². The average Bonchev–Trinajstić information content (AvgIpc) is 2.59. The van der Waals surface area contributed by atoms with Crippen molar-refractivity contribution < 1.29 is 9.59 Å². The Kier molecular flexibility index (Phi) is 4.02. The molecule has 5 heteroatoms. The summed E-state index contributed by atoms with van der Waals surface area (Å²) in [6.07, 6.45) is 3.21. The summed E-state index contributed by atoms with van der Waals surface area (Å²) < 4.78 is 0.910. The van der Waals surface area contributed by atoms with Crippen LogP contribution in [0.1, 0.15) is 31.2 Å². The van der Waals surface area contributed by atoms with E-state index in [9.17, 15) is 9.59 Å². The van der Waals surface area contributed by atoms with Crippen molar-refractivity contribution >= 4 is 33.4 Å². The molecule has 0 aliphatic carbocycles. The minimum Gasteiger partial charge on any atom is -0.331 e. The van der Waals surface area contributed by atoms with Crippen LogP contribution in [0.15, 0.2) is 22.7 Å². The van der Waals surface area contributed by atoms with E-state index < -0.39 is 0 Å². The lowest BCUT2D eigenvalue weighted by atomic mass is 10.0. The molecule has 1 aromatic carbocycles. The predicted molar refractivity (Wildman–Crippen MR) is 85.2 cm³/mol. The molecule has 112 valence electrons. The van der Waals surface area contributed by atoms with Crippen LogP contribution in [0.5, 0.6) is 0 Å². The number of rotatable bonds is 1. The topological polar surface area (TPSA) is 40.6 Å². The zero-order valence-corrected chi connectivity index (χ0v) is 13.7. The van der Waals surface area contributed by atoms with Gasteiger partial charge in [0.1, 0.15) is 6.04 Å². The van der Waals surface area contributed by atoms with Gasteiger partial charge in [0, 0.05) is 24.0 Å². The molecule has 2 aliphatic rings. The molecule has 2 amide bonds. The van der Waals surface area contributed by atoms with Gasteiger partial charge in [0.25, 0.3) is 0 Å². The zero-order chi connectivity index (χ0) is 15.0. The van der Waals surface area contributed by atoms with Crippen molar-refractivity contribution in [2.24, 2.45) is 0 Å². The molecular formula is C16H19BrN2O2. The maximum Gasteiger partial charge on any atom is 0.249 e. The standard InChI is InChI=1S/C16H19BrN2O2/c1-11-5-6-13(12(17)10-11)19-9-7-15(20)18-8-3-2-4-14(18)16(19)21/h5-6,10,14H,2-4,7-9H2,1H3. The predicted octanol–water partition coefficient (Wildman–Crippen LogP) is 2.88. The first-order chi connectivity index (χ1) is 10.1. The number of benzene rings is 1. The number of hydrogen-bond donors (Lipinski definition) is 0. The van der Waals surface area contributed by atoms with Crippen LogP contribution in [0, 0.1) is 6.92 Å². The van der Waals surface area contributed by atoms with Gasteiger partial charge in [0.2, 0.25) is 11.8 Å². The van der Waals surface area contributed by atoms with Crippen molar-refractivity contribution in [1.29, 1.82) is 0 Å². The van der Waals surface area contributed by atoms with E-state index in [0.717, 1.165) is 41.5 Å². The second-order valence-electron chi connectivity index (χ2n) is 5.79. The molecule has 21 heavy (non-hydrogen) atoms. The number of carbonyl (C=O) groups is 2. The smallest absolute Gasteiger partial charge is 0.249 e. The van der Waals surface area contributed by atoms with E-state index in [-0.39, 0.29) is 17.9 Å². The van der Waals surface area contributed by atoms with Gasteiger partial charge >= 0.3 is 0 Å². The van der Waals surface area contributed by atoms with Crippen molar-refractivity contribution in [1.82, 2.24) is 4.90 Å². The molecule has 2 aliphatic heterocycles. The summed E-state index contributed by atoms with van der Waals surface area (Å²) in [5, 5.41) is 0. The van der Waals surface area contributed by atoms with Crippen LogP contribution in [0.25, 0.3) is 0 Å². The highest BCUT2D eigenvalue weighted by Crippen LogP contribution is 2.31. The normalized spacial score (nSPS) is 23.0. The van der Waals surface area contributed by atoms with Crippen LogP contribution < -0.4 is 4.90 Å². The number of amides is 2. The summed E-state index contributed by atoms with van der Waals surface area (Å²) in [7, 11) is 0. The summed E-state index contributed by atoms with van der Waals surface area (Å²) in [6, 6.07) is 5.69. The highest BCUT2D eigenvalue weighted by atomic mass is 79.9.